The molecule has 0 aliphatic rings. The predicted octanol–water partition coefficient (Wildman–Crippen LogP) is 1.67. The fourth-order valence-electron chi connectivity index (χ4n) is 0.0722. The highest BCUT2D eigenvalue weighted by molar-refractivity contribution is 4.66. The Morgan fingerprint density at radius 2 is 2.00 bits per heavy atom. The highest BCUT2D eigenvalue weighted by Gasteiger charge is 2.12. The van der Waals surface area contributed by atoms with Gasteiger partial charge in [0.25, 0.3) is 0 Å². The van der Waals surface area contributed by atoms with E-state index in [1.807, 2.05) is 13.8 Å². The minimum Gasteiger partial charge on any atom is -0.236 e. The van der Waals surface area contributed by atoms with Crippen LogP contribution in [0.25, 0.3) is 0 Å². The lowest BCUT2D eigenvalue weighted by Gasteiger charge is -2.15. The van der Waals surface area contributed by atoms with E-state index in [1.165, 1.54) is 0 Å². The molecule has 1 nitrogen and oxygen atoms in total. The lowest BCUT2D eigenvalue weighted by atomic mass is 9.92. The quantitative estimate of drug-likeness (QED) is 0.503. The summed E-state index contributed by atoms with van der Waals surface area (Å²) in [6.07, 6.45) is 0.733. The van der Waals surface area contributed by atoms with E-state index >= 15 is 0 Å². The standard InChI is InChI=1S/C6H12O/c1-4-6(2,3)5-7/h1,4-5H2,2-3H3. The van der Waals surface area contributed by atoms with Crippen LogP contribution < -0.4 is 0 Å². The van der Waals surface area contributed by atoms with Gasteiger partial charge in [0.2, 0.25) is 0 Å². The maximum atomic E-state index is 10.1. The van der Waals surface area contributed by atoms with Crippen molar-refractivity contribution in [1.82, 2.24) is 0 Å². The fourth-order valence-corrected chi connectivity index (χ4v) is 0.0722. The SMILES string of the molecule is [CH2]CC(C)(C)C[O]. The third-order valence-electron chi connectivity index (χ3n) is 1.07. The van der Waals surface area contributed by atoms with Crippen LogP contribution in [-0.2, 0) is 5.11 Å². The summed E-state index contributed by atoms with van der Waals surface area (Å²) < 4.78 is 0. The summed E-state index contributed by atoms with van der Waals surface area (Å²) in [7, 11) is 0. The number of hydrogen-bond donors (Lipinski definition) is 0. The summed E-state index contributed by atoms with van der Waals surface area (Å²) in [6, 6.07) is 0. The van der Waals surface area contributed by atoms with Gasteiger partial charge < -0.3 is 0 Å². The van der Waals surface area contributed by atoms with Gasteiger partial charge in [0.05, 0.1) is 6.61 Å². The second-order valence-corrected chi connectivity index (χ2v) is 2.56. The molecule has 0 aromatic rings. The van der Waals surface area contributed by atoms with Gasteiger partial charge >= 0.3 is 0 Å². The van der Waals surface area contributed by atoms with Crippen LogP contribution in [0, 0.1) is 12.3 Å². The second-order valence-electron chi connectivity index (χ2n) is 2.56. The fraction of sp³-hybridized carbons (Fsp3) is 0.833. The van der Waals surface area contributed by atoms with Crippen LogP contribution in [0.1, 0.15) is 20.3 Å². The van der Waals surface area contributed by atoms with Crippen molar-refractivity contribution in [2.24, 2.45) is 5.41 Å². The third-order valence-corrected chi connectivity index (χ3v) is 1.07. The van der Waals surface area contributed by atoms with Gasteiger partial charge in [0.15, 0.2) is 0 Å². The topological polar surface area (TPSA) is 19.9 Å². The van der Waals surface area contributed by atoms with Crippen molar-refractivity contribution in [3.8, 4) is 0 Å². The van der Waals surface area contributed by atoms with E-state index in [0.717, 1.165) is 6.42 Å². The van der Waals surface area contributed by atoms with E-state index in [-0.39, 0.29) is 12.0 Å². The third kappa shape index (κ3) is 2.63. The van der Waals surface area contributed by atoms with Gasteiger partial charge in [-0.05, 0) is 11.8 Å². The van der Waals surface area contributed by atoms with Gasteiger partial charge in [0.1, 0.15) is 0 Å². The minimum absolute atomic E-state index is 0.0174. The molecule has 0 atom stereocenters. The molecule has 0 rings (SSSR count). The molecule has 0 amide bonds. The first-order valence-electron chi connectivity index (χ1n) is 2.50. The zero-order valence-electron chi connectivity index (χ0n) is 5.03. The Labute approximate surface area is 45.4 Å². The molecule has 2 radical (unpaired) electrons. The van der Waals surface area contributed by atoms with Crippen molar-refractivity contribution in [3.63, 3.8) is 0 Å². The Bertz CT molecular complexity index is 42.1. The van der Waals surface area contributed by atoms with E-state index in [4.69, 9.17) is 0 Å². The van der Waals surface area contributed by atoms with Crippen molar-refractivity contribution in [1.29, 1.82) is 0 Å². The Balaban J connectivity index is 3.36. The van der Waals surface area contributed by atoms with Crippen molar-refractivity contribution in [3.05, 3.63) is 6.92 Å². The minimum atomic E-state index is -0.0833. The van der Waals surface area contributed by atoms with Crippen LogP contribution in [-0.4, -0.2) is 6.61 Å². The molecule has 0 aromatic heterocycles. The van der Waals surface area contributed by atoms with Gasteiger partial charge in [-0.1, -0.05) is 20.8 Å². The average molecular weight is 100 g/mol. The first-order valence-corrected chi connectivity index (χ1v) is 2.50. The molecule has 1 heteroatoms. The van der Waals surface area contributed by atoms with E-state index in [1.54, 1.807) is 0 Å². The van der Waals surface area contributed by atoms with Crippen molar-refractivity contribution >= 4 is 0 Å². The summed E-state index contributed by atoms with van der Waals surface area (Å²) in [6.45, 7) is 7.46. The largest absolute Gasteiger partial charge is 0.236 e. The van der Waals surface area contributed by atoms with Gasteiger partial charge in [0, 0.05) is 0 Å². The first kappa shape index (κ1) is 6.96. The molecule has 0 spiro atoms. The maximum absolute atomic E-state index is 10.1. The highest BCUT2D eigenvalue weighted by atomic mass is 16.3. The molecule has 0 bridgehead atoms. The number of rotatable bonds is 2. The summed E-state index contributed by atoms with van der Waals surface area (Å²) in [5.74, 6) is 0. The van der Waals surface area contributed by atoms with Crippen LogP contribution in [0.5, 0.6) is 0 Å². The molecular formula is C6H12O. The summed E-state index contributed by atoms with van der Waals surface area (Å²) in [4.78, 5) is 0. The Morgan fingerprint density at radius 3 is 2.00 bits per heavy atom. The molecule has 0 N–H and O–H groups in total. The smallest absolute Gasteiger partial charge is 0.0873 e. The molecule has 0 fully saturated rings. The van der Waals surface area contributed by atoms with Crippen LogP contribution in [0.3, 0.4) is 0 Å². The van der Waals surface area contributed by atoms with E-state index in [9.17, 15) is 5.11 Å². The van der Waals surface area contributed by atoms with Crippen LogP contribution in [0.15, 0.2) is 0 Å². The molecule has 0 heterocycles. The normalized spacial score (nSPS) is 12.0. The van der Waals surface area contributed by atoms with Gasteiger partial charge in [-0.25, -0.2) is 5.11 Å². The monoisotopic (exact) mass is 100 g/mol. The molecule has 0 aliphatic carbocycles. The molecule has 7 heavy (non-hydrogen) atoms. The van der Waals surface area contributed by atoms with Crippen molar-refractivity contribution < 1.29 is 5.11 Å². The molecule has 42 valence electrons. The van der Waals surface area contributed by atoms with Crippen LogP contribution in [0.2, 0.25) is 0 Å². The molecular weight excluding hydrogens is 88.1 g/mol. The van der Waals surface area contributed by atoms with Gasteiger partial charge in [-0.15, -0.1) is 0 Å². The van der Waals surface area contributed by atoms with E-state index < -0.39 is 0 Å². The van der Waals surface area contributed by atoms with E-state index in [0.29, 0.717) is 0 Å². The van der Waals surface area contributed by atoms with Crippen LogP contribution in [0.4, 0.5) is 0 Å². The average Bonchev–Trinajstić information content (AvgIpc) is 1.68. The predicted molar refractivity (Wildman–Crippen MR) is 29.3 cm³/mol. The lowest BCUT2D eigenvalue weighted by Crippen LogP contribution is -2.13. The summed E-state index contributed by atoms with van der Waals surface area (Å²) >= 11 is 0. The Kier molecular flexibility index (Phi) is 2.30. The molecule has 0 saturated heterocycles. The zero-order chi connectivity index (χ0) is 5.91. The molecule has 0 aliphatic heterocycles. The Morgan fingerprint density at radius 1 is 1.57 bits per heavy atom. The van der Waals surface area contributed by atoms with Crippen LogP contribution >= 0.6 is 0 Å². The zero-order valence-corrected chi connectivity index (χ0v) is 5.03. The first-order chi connectivity index (χ1) is 3.12. The Hall–Kier alpha value is -0.0400. The van der Waals surface area contributed by atoms with Crippen molar-refractivity contribution in [2.45, 2.75) is 20.3 Å². The number of hydrogen-bond acceptors (Lipinski definition) is 0. The molecule has 0 unspecified atom stereocenters. The van der Waals surface area contributed by atoms with Gasteiger partial charge in [-0.3, -0.25) is 0 Å². The lowest BCUT2D eigenvalue weighted by molar-refractivity contribution is 0.0947. The van der Waals surface area contributed by atoms with Gasteiger partial charge in [-0.2, -0.15) is 0 Å². The molecule has 0 aromatic carbocycles. The highest BCUT2D eigenvalue weighted by Crippen LogP contribution is 2.16. The summed E-state index contributed by atoms with van der Waals surface area (Å²) in [5, 5.41) is 10.1. The van der Waals surface area contributed by atoms with Crippen molar-refractivity contribution in [2.75, 3.05) is 6.61 Å². The van der Waals surface area contributed by atoms with E-state index in [2.05, 4.69) is 6.92 Å². The summed E-state index contributed by atoms with van der Waals surface area (Å²) in [5.41, 5.74) is -0.0833. The molecule has 0 saturated carbocycles. The maximum Gasteiger partial charge on any atom is 0.0873 e. The second kappa shape index (κ2) is 2.31.